The largest absolute Gasteiger partial charge is 0.490 e. The van der Waals surface area contributed by atoms with Crippen LogP contribution < -0.4 is 19.7 Å². The van der Waals surface area contributed by atoms with E-state index < -0.39 is 6.04 Å². The van der Waals surface area contributed by atoms with Gasteiger partial charge < -0.3 is 14.8 Å². The van der Waals surface area contributed by atoms with Crippen LogP contribution >= 0.6 is 11.6 Å². The molecule has 0 bridgehead atoms. The Kier molecular flexibility index (Phi) is 8.21. The van der Waals surface area contributed by atoms with E-state index >= 15 is 0 Å². The Hall–Kier alpha value is -4.55. The first-order valence-electron chi connectivity index (χ1n) is 14.5. The maximum absolute atomic E-state index is 14.1. The van der Waals surface area contributed by atoms with Crippen molar-refractivity contribution in [1.82, 2.24) is 0 Å². The van der Waals surface area contributed by atoms with E-state index in [9.17, 15) is 9.59 Å². The molecule has 0 radical (unpaired) electrons. The minimum absolute atomic E-state index is 0.0210. The van der Waals surface area contributed by atoms with Crippen LogP contribution in [0, 0.1) is 0 Å². The second-order valence-electron chi connectivity index (χ2n) is 10.8. The summed E-state index contributed by atoms with van der Waals surface area (Å²) in [6.45, 7) is 4.23. The molecular weight excluding hydrogens is 560 g/mol. The number of carbonyl (C=O) groups is 2. The van der Waals surface area contributed by atoms with E-state index in [2.05, 4.69) is 17.4 Å². The lowest BCUT2D eigenvalue weighted by molar-refractivity contribution is -0.117. The van der Waals surface area contributed by atoms with Crippen molar-refractivity contribution in [2.45, 2.75) is 45.3 Å². The second-order valence-corrected chi connectivity index (χ2v) is 11.3. The summed E-state index contributed by atoms with van der Waals surface area (Å²) in [4.78, 5) is 29.3. The number of benzene rings is 4. The van der Waals surface area contributed by atoms with E-state index in [0.29, 0.717) is 48.2 Å². The van der Waals surface area contributed by atoms with Gasteiger partial charge in [0.1, 0.15) is 6.61 Å². The molecule has 0 unspecified atom stereocenters. The fourth-order valence-electron chi connectivity index (χ4n) is 6.04. The summed E-state index contributed by atoms with van der Waals surface area (Å²) in [5.41, 5.74) is 5.84. The molecule has 1 aliphatic heterocycles. The Labute approximate surface area is 256 Å². The zero-order chi connectivity index (χ0) is 29.9. The third-order valence-electron chi connectivity index (χ3n) is 7.99. The molecule has 43 heavy (non-hydrogen) atoms. The first-order valence-corrected chi connectivity index (χ1v) is 14.9. The van der Waals surface area contributed by atoms with Crippen molar-refractivity contribution in [3.05, 3.63) is 130 Å². The van der Waals surface area contributed by atoms with E-state index in [0.717, 1.165) is 33.8 Å². The number of nitrogens with zero attached hydrogens (tertiary/aromatic N) is 1. The van der Waals surface area contributed by atoms with Crippen LogP contribution in [0.15, 0.2) is 108 Å². The second kappa shape index (κ2) is 12.4. The molecule has 218 valence electrons. The highest BCUT2D eigenvalue weighted by Crippen LogP contribution is 2.48. The molecule has 0 fully saturated rings. The van der Waals surface area contributed by atoms with Gasteiger partial charge in [0.25, 0.3) is 0 Å². The quantitative estimate of drug-likeness (QED) is 0.234. The minimum Gasteiger partial charge on any atom is -0.490 e. The first kappa shape index (κ1) is 28.6. The van der Waals surface area contributed by atoms with Gasteiger partial charge in [0, 0.05) is 29.6 Å². The molecule has 4 aromatic carbocycles. The molecule has 2 atom stereocenters. The summed E-state index contributed by atoms with van der Waals surface area (Å²) >= 11 is 6.04. The summed E-state index contributed by atoms with van der Waals surface area (Å²) < 4.78 is 12.2. The van der Waals surface area contributed by atoms with Gasteiger partial charge in [-0.15, -0.1) is 0 Å². The molecule has 1 heterocycles. The number of carbonyl (C=O) groups excluding carboxylic acids is 2. The fourth-order valence-corrected chi connectivity index (χ4v) is 6.16. The number of ether oxygens (including phenoxy) is 2. The van der Waals surface area contributed by atoms with E-state index in [1.807, 2.05) is 91.9 Å². The lowest BCUT2D eigenvalue weighted by Crippen LogP contribution is -2.37. The van der Waals surface area contributed by atoms with E-state index in [1.54, 1.807) is 11.8 Å². The predicted molar refractivity (Wildman–Crippen MR) is 170 cm³/mol. The number of amides is 1. The number of hydrogen-bond donors (Lipinski definition) is 1. The Bertz CT molecular complexity index is 1680. The Morgan fingerprint density at radius 2 is 1.63 bits per heavy atom. The molecule has 4 aromatic rings. The van der Waals surface area contributed by atoms with Crippen LogP contribution in [-0.2, 0) is 16.2 Å². The fraction of sp³-hybridized carbons (Fsp3) is 0.222. The number of ketones is 1. The van der Waals surface area contributed by atoms with E-state index in [4.69, 9.17) is 21.1 Å². The number of anilines is 2. The third kappa shape index (κ3) is 5.88. The Morgan fingerprint density at radius 1 is 0.884 bits per heavy atom. The Morgan fingerprint density at radius 3 is 2.37 bits per heavy atom. The lowest BCUT2D eigenvalue weighted by Gasteiger charge is -2.34. The van der Waals surface area contributed by atoms with Crippen molar-refractivity contribution in [3.63, 3.8) is 0 Å². The monoisotopic (exact) mass is 592 g/mol. The summed E-state index contributed by atoms with van der Waals surface area (Å²) in [5, 5.41) is 4.23. The number of nitrogens with one attached hydrogen (secondary N) is 1. The molecule has 2 aliphatic rings. The Balaban J connectivity index is 1.44. The van der Waals surface area contributed by atoms with E-state index in [1.165, 1.54) is 0 Å². The average molecular weight is 593 g/mol. The highest BCUT2D eigenvalue weighted by Gasteiger charge is 2.41. The molecule has 1 N–H and O–H groups in total. The number of para-hydroxylation sites is 2. The molecule has 0 saturated heterocycles. The van der Waals surface area contributed by atoms with Gasteiger partial charge in [0.15, 0.2) is 17.3 Å². The molecule has 6 rings (SSSR count). The minimum atomic E-state index is -0.641. The molecular formula is C36H33ClN2O4. The van der Waals surface area contributed by atoms with Crippen molar-refractivity contribution in [1.29, 1.82) is 0 Å². The molecule has 1 aliphatic carbocycles. The molecule has 0 saturated carbocycles. The van der Waals surface area contributed by atoms with Gasteiger partial charge in [-0.3, -0.25) is 14.5 Å². The van der Waals surface area contributed by atoms with Crippen LogP contribution in [0.25, 0.3) is 0 Å². The van der Waals surface area contributed by atoms with Crippen LogP contribution in [0.1, 0.15) is 55.3 Å². The normalized spacial score (nSPS) is 17.8. The highest BCUT2D eigenvalue weighted by molar-refractivity contribution is 6.30. The van der Waals surface area contributed by atoms with Gasteiger partial charge in [0.05, 0.1) is 24.0 Å². The number of Topliss-reactive ketones (excluding diaryl/α,β-unsaturated/α-hetero) is 1. The number of allylic oxidation sites excluding steroid dienone is 1. The van der Waals surface area contributed by atoms with Crippen LogP contribution in [0.2, 0.25) is 5.02 Å². The third-order valence-corrected chi connectivity index (χ3v) is 8.24. The average Bonchev–Trinajstić information content (AvgIpc) is 3.16. The van der Waals surface area contributed by atoms with Crippen molar-refractivity contribution in [3.8, 4) is 11.5 Å². The zero-order valence-corrected chi connectivity index (χ0v) is 24.9. The summed E-state index contributed by atoms with van der Waals surface area (Å²) in [6, 6.07) is 30.4. The molecule has 0 aromatic heterocycles. The maximum atomic E-state index is 14.1. The summed E-state index contributed by atoms with van der Waals surface area (Å²) in [5.74, 6) is 1.03. The SMILES string of the molecule is CCOc1cc([C@@H]2C3=C(C[C@H](c4ccccc4)CC3=O)Nc3ccccc3N2C(C)=O)ccc1OCc1ccc(Cl)cc1. The van der Waals surface area contributed by atoms with Gasteiger partial charge in [-0.05, 0) is 72.4 Å². The van der Waals surface area contributed by atoms with E-state index in [-0.39, 0.29) is 17.6 Å². The molecule has 1 amide bonds. The van der Waals surface area contributed by atoms with Gasteiger partial charge in [-0.2, -0.15) is 0 Å². The molecule has 0 spiro atoms. The molecule has 6 nitrogen and oxygen atoms in total. The first-order chi connectivity index (χ1) is 20.9. The highest BCUT2D eigenvalue weighted by atomic mass is 35.5. The van der Waals surface area contributed by atoms with Crippen LogP contribution in [0.4, 0.5) is 11.4 Å². The summed E-state index contributed by atoms with van der Waals surface area (Å²) in [7, 11) is 0. The van der Waals surface area contributed by atoms with Crippen molar-refractivity contribution in [2.75, 3.05) is 16.8 Å². The van der Waals surface area contributed by atoms with Gasteiger partial charge in [-0.1, -0.05) is 72.3 Å². The van der Waals surface area contributed by atoms with Crippen molar-refractivity contribution >= 4 is 34.7 Å². The van der Waals surface area contributed by atoms with Crippen LogP contribution in [0.3, 0.4) is 0 Å². The number of halogens is 1. The van der Waals surface area contributed by atoms with Gasteiger partial charge >= 0.3 is 0 Å². The van der Waals surface area contributed by atoms with Crippen LogP contribution in [0.5, 0.6) is 11.5 Å². The van der Waals surface area contributed by atoms with Gasteiger partial charge in [0.2, 0.25) is 5.91 Å². The number of hydrogen-bond acceptors (Lipinski definition) is 5. The maximum Gasteiger partial charge on any atom is 0.224 e. The number of fused-ring (bicyclic) bond motifs is 1. The van der Waals surface area contributed by atoms with Crippen molar-refractivity contribution < 1.29 is 19.1 Å². The number of rotatable bonds is 7. The molecule has 7 heteroatoms. The standard InChI is InChI=1S/C36H33ClN2O4/c1-3-42-34-21-26(15-18-33(34)43-22-24-13-16-28(37)17-14-24)36-35-30(19-27(20-32(35)41)25-9-5-4-6-10-25)38-29-11-7-8-12-31(29)39(36)23(2)40/h4-18,21,27,36,38H,3,19-20,22H2,1-2H3/t27-,36+/m0/s1. The van der Waals surface area contributed by atoms with Crippen molar-refractivity contribution in [2.24, 2.45) is 0 Å². The predicted octanol–water partition coefficient (Wildman–Crippen LogP) is 8.24. The summed E-state index contributed by atoms with van der Waals surface area (Å²) in [6.07, 6.45) is 1.02. The zero-order valence-electron chi connectivity index (χ0n) is 24.2. The smallest absolute Gasteiger partial charge is 0.224 e. The lowest BCUT2D eigenvalue weighted by atomic mass is 9.78. The topological polar surface area (TPSA) is 67.9 Å². The van der Waals surface area contributed by atoms with Gasteiger partial charge in [-0.25, -0.2) is 0 Å². The van der Waals surface area contributed by atoms with Crippen LogP contribution in [-0.4, -0.2) is 18.3 Å².